The lowest BCUT2D eigenvalue weighted by atomic mass is 10.3. The Morgan fingerprint density at radius 1 is 1.56 bits per heavy atom. The standard InChI is InChI=1S/C11H11ClN2OS/c1-3-10(15)13-11-14(2)8-5-4-7(12)6-9(8)16-11/h4-6H,3H2,1-2H3. The Hall–Kier alpha value is -1.13. The maximum absolute atomic E-state index is 11.3. The van der Waals surface area contributed by atoms with Crippen molar-refractivity contribution in [1.29, 1.82) is 0 Å². The van der Waals surface area contributed by atoms with Crippen LogP contribution < -0.4 is 4.80 Å². The van der Waals surface area contributed by atoms with Crippen LogP contribution in [0.25, 0.3) is 10.2 Å². The summed E-state index contributed by atoms with van der Waals surface area (Å²) >= 11 is 7.39. The zero-order valence-electron chi connectivity index (χ0n) is 9.03. The summed E-state index contributed by atoms with van der Waals surface area (Å²) in [6.45, 7) is 1.80. The third-order valence-corrected chi connectivity index (χ3v) is 3.62. The van der Waals surface area contributed by atoms with E-state index in [4.69, 9.17) is 11.6 Å². The van der Waals surface area contributed by atoms with Crippen LogP contribution in [-0.2, 0) is 11.8 Å². The molecule has 1 amide bonds. The number of fused-ring (bicyclic) bond motifs is 1. The topological polar surface area (TPSA) is 34.4 Å². The molecule has 16 heavy (non-hydrogen) atoms. The summed E-state index contributed by atoms with van der Waals surface area (Å²) in [6.07, 6.45) is 0.426. The van der Waals surface area contributed by atoms with E-state index in [2.05, 4.69) is 4.99 Å². The summed E-state index contributed by atoms with van der Waals surface area (Å²) < 4.78 is 2.95. The van der Waals surface area contributed by atoms with Crippen LogP contribution in [0.1, 0.15) is 13.3 Å². The summed E-state index contributed by atoms with van der Waals surface area (Å²) in [6, 6.07) is 5.66. The maximum atomic E-state index is 11.3. The number of hydrogen-bond donors (Lipinski definition) is 0. The second kappa shape index (κ2) is 4.39. The van der Waals surface area contributed by atoms with Crippen LogP contribution in [0, 0.1) is 0 Å². The van der Waals surface area contributed by atoms with E-state index in [0.29, 0.717) is 16.2 Å². The van der Waals surface area contributed by atoms with Crippen LogP contribution >= 0.6 is 22.9 Å². The third kappa shape index (κ3) is 2.03. The second-order valence-corrected chi connectivity index (χ2v) is 4.86. The molecule has 0 bridgehead atoms. The van der Waals surface area contributed by atoms with Gasteiger partial charge >= 0.3 is 0 Å². The molecule has 0 N–H and O–H groups in total. The number of rotatable bonds is 1. The molecule has 84 valence electrons. The quantitative estimate of drug-likeness (QED) is 0.771. The number of hydrogen-bond acceptors (Lipinski definition) is 2. The van der Waals surface area contributed by atoms with Crippen LogP contribution in [0.5, 0.6) is 0 Å². The number of halogens is 1. The van der Waals surface area contributed by atoms with Gasteiger partial charge in [-0.3, -0.25) is 4.79 Å². The highest BCUT2D eigenvalue weighted by Crippen LogP contribution is 2.20. The first kappa shape index (κ1) is 11.4. The normalized spacial score (nSPS) is 12.3. The summed E-state index contributed by atoms with van der Waals surface area (Å²) in [5.74, 6) is -0.103. The van der Waals surface area contributed by atoms with Gasteiger partial charge in [-0.15, -0.1) is 0 Å². The molecule has 0 aliphatic rings. The molecule has 1 aromatic carbocycles. The van der Waals surface area contributed by atoms with Crippen LogP contribution in [0.15, 0.2) is 23.2 Å². The third-order valence-electron chi connectivity index (χ3n) is 2.29. The SMILES string of the molecule is CCC(=O)N=c1sc2cc(Cl)ccc2n1C. The monoisotopic (exact) mass is 254 g/mol. The van der Waals surface area contributed by atoms with Gasteiger partial charge in [0.1, 0.15) is 0 Å². The molecule has 2 rings (SSSR count). The van der Waals surface area contributed by atoms with Crippen LogP contribution in [-0.4, -0.2) is 10.5 Å². The van der Waals surface area contributed by atoms with Gasteiger partial charge < -0.3 is 4.57 Å². The van der Waals surface area contributed by atoms with Crippen molar-refractivity contribution in [3.05, 3.63) is 28.0 Å². The van der Waals surface area contributed by atoms with Gasteiger partial charge in [-0.25, -0.2) is 0 Å². The summed E-state index contributed by atoms with van der Waals surface area (Å²) in [5.41, 5.74) is 1.04. The second-order valence-electron chi connectivity index (χ2n) is 3.41. The minimum Gasteiger partial charge on any atom is -0.319 e. The van der Waals surface area contributed by atoms with Gasteiger partial charge in [0.05, 0.1) is 10.2 Å². The van der Waals surface area contributed by atoms with Crippen molar-refractivity contribution in [2.75, 3.05) is 0 Å². The number of carbonyl (C=O) groups is 1. The molecule has 1 heterocycles. The van der Waals surface area contributed by atoms with E-state index in [9.17, 15) is 4.79 Å². The minimum absolute atomic E-state index is 0.103. The van der Waals surface area contributed by atoms with Crippen molar-refractivity contribution in [3.63, 3.8) is 0 Å². The molecule has 3 nitrogen and oxygen atoms in total. The Kier molecular flexibility index (Phi) is 3.12. The molecular formula is C11H11ClN2OS. The summed E-state index contributed by atoms with van der Waals surface area (Å²) in [4.78, 5) is 16.0. The zero-order chi connectivity index (χ0) is 11.7. The Morgan fingerprint density at radius 2 is 2.31 bits per heavy atom. The largest absolute Gasteiger partial charge is 0.319 e. The van der Waals surface area contributed by atoms with E-state index in [-0.39, 0.29) is 5.91 Å². The Bertz CT molecular complexity index is 612. The van der Waals surface area contributed by atoms with Crippen molar-refractivity contribution in [1.82, 2.24) is 4.57 Å². The number of nitrogens with zero attached hydrogens (tertiary/aromatic N) is 2. The molecule has 0 aliphatic carbocycles. The van der Waals surface area contributed by atoms with Crippen molar-refractivity contribution in [3.8, 4) is 0 Å². The minimum atomic E-state index is -0.103. The molecule has 0 unspecified atom stereocenters. The van der Waals surface area contributed by atoms with Gasteiger partial charge in [0.15, 0.2) is 4.80 Å². The average Bonchev–Trinajstić information content (AvgIpc) is 2.55. The fourth-order valence-corrected chi connectivity index (χ4v) is 2.71. The molecule has 0 radical (unpaired) electrons. The van der Waals surface area contributed by atoms with E-state index < -0.39 is 0 Å². The van der Waals surface area contributed by atoms with Crippen molar-refractivity contribution in [2.24, 2.45) is 12.0 Å². The molecular weight excluding hydrogens is 244 g/mol. The molecule has 0 aliphatic heterocycles. The first-order valence-electron chi connectivity index (χ1n) is 4.94. The van der Waals surface area contributed by atoms with Crippen LogP contribution in [0.2, 0.25) is 5.02 Å². The van der Waals surface area contributed by atoms with E-state index in [0.717, 1.165) is 10.2 Å². The molecule has 0 spiro atoms. The molecule has 0 fully saturated rings. The van der Waals surface area contributed by atoms with Gasteiger partial charge in [0, 0.05) is 18.5 Å². The number of thiazole rings is 1. The van der Waals surface area contributed by atoms with Crippen LogP contribution in [0.3, 0.4) is 0 Å². The maximum Gasteiger partial charge on any atom is 0.248 e. The number of aryl methyl sites for hydroxylation is 1. The van der Waals surface area contributed by atoms with E-state index in [1.807, 2.05) is 29.8 Å². The van der Waals surface area contributed by atoms with Crippen molar-refractivity contribution < 1.29 is 4.79 Å². The lowest BCUT2D eigenvalue weighted by Crippen LogP contribution is -2.12. The van der Waals surface area contributed by atoms with E-state index in [1.54, 1.807) is 6.92 Å². The van der Waals surface area contributed by atoms with E-state index in [1.165, 1.54) is 11.3 Å². The molecule has 5 heteroatoms. The molecule has 0 atom stereocenters. The predicted octanol–water partition coefficient (Wildman–Crippen LogP) is 2.73. The Balaban J connectivity index is 2.69. The molecule has 0 saturated carbocycles. The van der Waals surface area contributed by atoms with Crippen molar-refractivity contribution >= 4 is 39.1 Å². The zero-order valence-corrected chi connectivity index (χ0v) is 10.6. The summed E-state index contributed by atoms with van der Waals surface area (Å²) in [7, 11) is 1.90. The highest BCUT2D eigenvalue weighted by atomic mass is 35.5. The Labute approximate surface area is 102 Å². The summed E-state index contributed by atoms with van der Waals surface area (Å²) in [5, 5.41) is 0.697. The number of aromatic nitrogens is 1. The molecule has 0 saturated heterocycles. The smallest absolute Gasteiger partial charge is 0.248 e. The lowest BCUT2D eigenvalue weighted by Gasteiger charge is -1.94. The van der Waals surface area contributed by atoms with Crippen LogP contribution in [0.4, 0.5) is 0 Å². The number of benzene rings is 1. The van der Waals surface area contributed by atoms with Gasteiger partial charge in [-0.05, 0) is 18.2 Å². The highest BCUT2D eigenvalue weighted by Gasteiger charge is 2.04. The fourth-order valence-electron chi connectivity index (χ4n) is 1.40. The van der Waals surface area contributed by atoms with E-state index >= 15 is 0 Å². The van der Waals surface area contributed by atoms with Gasteiger partial charge in [0.25, 0.3) is 0 Å². The highest BCUT2D eigenvalue weighted by molar-refractivity contribution is 7.16. The van der Waals surface area contributed by atoms with Crippen molar-refractivity contribution in [2.45, 2.75) is 13.3 Å². The van der Waals surface area contributed by atoms with Gasteiger partial charge in [-0.2, -0.15) is 4.99 Å². The molecule has 2 aromatic rings. The Morgan fingerprint density at radius 3 is 3.00 bits per heavy atom. The molecule has 1 aromatic heterocycles. The van der Waals surface area contributed by atoms with Gasteiger partial charge in [-0.1, -0.05) is 29.9 Å². The lowest BCUT2D eigenvalue weighted by molar-refractivity contribution is -0.117. The first-order chi connectivity index (χ1) is 7.61. The fraction of sp³-hybridized carbons (Fsp3) is 0.273. The number of carbonyl (C=O) groups excluding carboxylic acids is 1. The predicted molar refractivity (Wildman–Crippen MR) is 66.7 cm³/mol. The van der Waals surface area contributed by atoms with Gasteiger partial charge in [0.2, 0.25) is 5.91 Å². The first-order valence-corrected chi connectivity index (χ1v) is 6.14. The number of amides is 1. The average molecular weight is 255 g/mol.